The van der Waals surface area contributed by atoms with Gasteiger partial charge in [0, 0.05) is 16.0 Å². The molecule has 0 saturated heterocycles. The van der Waals surface area contributed by atoms with Gasteiger partial charge in [0.25, 0.3) is 0 Å². The van der Waals surface area contributed by atoms with E-state index < -0.39 is 0 Å². The normalized spacial score (nSPS) is 11.1. The molecule has 0 radical (unpaired) electrons. The number of benzene rings is 2. The van der Waals surface area contributed by atoms with Gasteiger partial charge in [-0.25, -0.2) is 9.97 Å². The molecular formula is C20H15Cl2N3S. The van der Waals surface area contributed by atoms with Crippen LogP contribution in [0, 0.1) is 13.8 Å². The third-order valence-electron chi connectivity index (χ3n) is 4.37. The Morgan fingerprint density at radius 3 is 2.62 bits per heavy atom. The number of thiophene rings is 1. The smallest absolute Gasteiger partial charge is 0.143 e. The lowest BCUT2D eigenvalue weighted by molar-refractivity contribution is 1.23. The summed E-state index contributed by atoms with van der Waals surface area (Å²) >= 11 is 14.0. The van der Waals surface area contributed by atoms with Crippen LogP contribution < -0.4 is 5.32 Å². The minimum atomic E-state index is 0.587. The van der Waals surface area contributed by atoms with Gasteiger partial charge >= 0.3 is 0 Å². The lowest BCUT2D eigenvalue weighted by atomic mass is 10.0. The number of nitrogens with zero attached hydrogens (tertiary/aromatic N) is 2. The van der Waals surface area contributed by atoms with Crippen molar-refractivity contribution < 1.29 is 0 Å². The highest BCUT2D eigenvalue weighted by Crippen LogP contribution is 2.39. The second kappa shape index (κ2) is 6.88. The molecule has 4 aromatic rings. The van der Waals surface area contributed by atoms with Gasteiger partial charge in [-0.05, 0) is 48.7 Å². The fourth-order valence-corrected chi connectivity index (χ4v) is 4.06. The predicted molar refractivity (Wildman–Crippen MR) is 112 cm³/mol. The van der Waals surface area contributed by atoms with Crippen LogP contribution in [0.2, 0.25) is 10.0 Å². The predicted octanol–water partition coefficient (Wildman–Crippen LogP) is 7.03. The molecule has 0 saturated carbocycles. The third-order valence-corrected chi connectivity index (χ3v) is 5.82. The summed E-state index contributed by atoms with van der Waals surface area (Å²) in [6.45, 7) is 4.23. The van der Waals surface area contributed by atoms with Crippen molar-refractivity contribution >= 4 is 56.3 Å². The molecular weight excluding hydrogens is 385 g/mol. The highest BCUT2D eigenvalue weighted by atomic mass is 35.5. The molecule has 0 atom stereocenters. The summed E-state index contributed by atoms with van der Waals surface area (Å²) in [6, 6.07) is 11.8. The number of hydrogen-bond donors (Lipinski definition) is 1. The van der Waals surface area contributed by atoms with Gasteiger partial charge in [-0.2, -0.15) is 0 Å². The summed E-state index contributed by atoms with van der Waals surface area (Å²) in [5.74, 6) is 0.716. The lowest BCUT2D eigenvalue weighted by Gasteiger charge is -2.11. The van der Waals surface area contributed by atoms with Gasteiger partial charge in [0.1, 0.15) is 17.0 Å². The molecule has 2 aromatic carbocycles. The summed E-state index contributed by atoms with van der Waals surface area (Å²) in [4.78, 5) is 9.80. The van der Waals surface area contributed by atoms with Crippen LogP contribution in [0.15, 0.2) is 48.1 Å². The molecule has 6 heteroatoms. The average molecular weight is 400 g/mol. The second-order valence-electron chi connectivity index (χ2n) is 6.10. The van der Waals surface area contributed by atoms with Crippen molar-refractivity contribution in [2.24, 2.45) is 0 Å². The Morgan fingerprint density at radius 2 is 1.81 bits per heavy atom. The van der Waals surface area contributed by atoms with E-state index in [-0.39, 0.29) is 0 Å². The van der Waals surface area contributed by atoms with E-state index in [0.29, 0.717) is 15.9 Å². The van der Waals surface area contributed by atoms with Gasteiger partial charge in [0.15, 0.2) is 0 Å². The number of fused-ring (bicyclic) bond motifs is 1. The van der Waals surface area contributed by atoms with E-state index in [1.807, 2.05) is 0 Å². The topological polar surface area (TPSA) is 37.8 Å². The molecule has 1 N–H and O–H groups in total. The number of hydrogen-bond acceptors (Lipinski definition) is 4. The zero-order chi connectivity index (χ0) is 18.3. The van der Waals surface area contributed by atoms with Crippen LogP contribution in [0.4, 0.5) is 11.5 Å². The Balaban J connectivity index is 1.87. The molecule has 2 heterocycles. The molecule has 3 nitrogen and oxygen atoms in total. The van der Waals surface area contributed by atoms with Gasteiger partial charge in [-0.15, -0.1) is 11.3 Å². The number of rotatable bonds is 3. The van der Waals surface area contributed by atoms with E-state index >= 15 is 0 Å². The molecule has 0 bridgehead atoms. The average Bonchev–Trinajstić information content (AvgIpc) is 3.06. The van der Waals surface area contributed by atoms with Crippen LogP contribution in [0.3, 0.4) is 0 Å². The van der Waals surface area contributed by atoms with Gasteiger partial charge < -0.3 is 5.32 Å². The van der Waals surface area contributed by atoms with Gasteiger partial charge in [0.2, 0.25) is 0 Å². The number of aromatic nitrogens is 2. The Bertz CT molecular complexity index is 1120. The largest absolute Gasteiger partial charge is 0.338 e. The van der Waals surface area contributed by atoms with Crippen molar-refractivity contribution in [1.29, 1.82) is 0 Å². The second-order valence-corrected chi connectivity index (χ2v) is 7.80. The first kappa shape index (κ1) is 17.3. The van der Waals surface area contributed by atoms with Crippen LogP contribution in [-0.4, -0.2) is 9.97 Å². The minimum absolute atomic E-state index is 0.587. The Morgan fingerprint density at radius 1 is 0.962 bits per heavy atom. The molecule has 2 aromatic heterocycles. The molecule has 0 amide bonds. The number of halogens is 2. The summed E-state index contributed by atoms with van der Waals surface area (Å²) in [5.41, 5.74) is 5.50. The van der Waals surface area contributed by atoms with Gasteiger partial charge in [0.05, 0.1) is 16.1 Å². The standard InChI is InChI=1S/C20H15Cl2N3S/c1-11-3-4-13(7-12(11)2)15-9-26-20-18(15)19(23-10-24-20)25-17-8-14(21)5-6-16(17)22/h3-10H,1-2H3,(H,23,24,25). The van der Waals surface area contributed by atoms with Gasteiger partial charge in [-0.1, -0.05) is 41.4 Å². The minimum Gasteiger partial charge on any atom is -0.338 e. The quantitative estimate of drug-likeness (QED) is 0.401. The third kappa shape index (κ3) is 3.16. The molecule has 0 unspecified atom stereocenters. The van der Waals surface area contributed by atoms with Crippen molar-refractivity contribution in [3.8, 4) is 11.1 Å². The summed E-state index contributed by atoms with van der Waals surface area (Å²) in [5, 5.41) is 7.62. The van der Waals surface area contributed by atoms with E-state index in [9.17, 15) is 0 Å². The zero-order valence-corrected chi connectivity index (χ0v) is 16.5. The summed E-state index contributed by atoms with van der Waals surface area (Å²) in [6.07, 6.45) is 1.56. The molecule has 0 fully saturated rings. The van der Waals surface area contributed by atoms with Crippen LogP contribution in [0.25, 0.3) is 21.3 Å². The van der Waals surface area contributed by atoms with Crippen molar-refractivity contribution in [1.82, 2.24) is 9.97 Å². The first-order valence-electron chi connectivity index (χ1n) is 8.05. The molecule has 0 spiro atoms. The van der Waals surface area contributed by atoms with E-state index in [4.69, 9.17) is 23.2 Å². The highest BCUT2D eigenvalue weighted by Gasteiger charge is 2.14. The van der Waals surface area contributed by atoms with E-state index in [2.05, 4.69) is 52.7 Å². The SMILES string of the molecule is Cc1ccc(-c2csc3ncnc(Nc4cc(Cl)ccc4Cl)c23)cc1C. The molecule has 0 aliphatic carbocycles. The number of aryl methyl sites for hydroxylation is 2. The number of anilines is 2. The van der Waals surface area contributed by atoms with Crippen LogP contribution in [0.5, 0.6) is 0 Å². The van der Waals surface area contributed by atoms with E-state index in [1.165, 1.54) is 11.1 Å². The lowest BCUT2D eigenvalue weighted by Crippen LogP contribution is -1.96. The van der Waals surface area contributed by atoms with Crippen molar-refractivity contribution in [2.45, 2.75) is 13.8 Å². The van der Waals surface area contributed by atoms with Crippen LogP contribution in [-0.2, 0) is 0 Å². The first-order valence-corrected chi connectivity index (χ1v) is 9.68. The Hall–Kier alpha value is -2.14. The molecule has 0 aliphatic rings. The van der Waals surface area contributed by atoms with Crippen molar-refractivity contribution in [3.05, 3.63) is 69.3 Å². The fourth-order valence-electron chi connectivity index (χ4n) is 2.81. The Labute approximate surface area is 165 Å². The van der Waals surface area contributed by atoms with Crippen LogP contribution >= 0.6 is 34.5 Å². The maximum Gasteiger partial charge on any atom is 0.143 e. The Kier molecular flexibility index (Phi) is 4.57. The van der Waals surface area contributed by atoms with Crippen molar-refractivity contribution in [3.63, 3.8) is 0 Å². The maximum atomic E-state index is 6.30. The van der Waals surface area contributed by atoms with E-state index in [1.54, 1.807) is 35.9 Å². The van der Waals surface area contributed by atoms with E-state index in [0.717, 1.165) is 27.0 Å². The monoisotopic (exact) mass is 399 g/mol. The highest BCUT2D eigenvalue weighted by molar-refractivity contribution is 7.17. The van der Waals surface area contributed by atoms with Crippen molar-refractivity contribution in [2.75, 3.05) is 5.32 Å². The molecule has 130 valence electrons. The number of nitrogens with one attached hydrogen (secondary N) is 1. The van der Waals surface area contributed by atoms with Gasteiger partial charge in [-0.3, -0.25) is 0 Å². The zero-order valence-electron chi connectivity index (χ0n) is 14.2. The molecule has 26 heavy (non-hydrogen) atoms. The summed E-state index contributed by atoms with van der Waals surface area (Å²) < 4.78 is 0. The summed E-state index contributed by atoms with van der Waals surface area (Å²) in [7, 11) is 0. The molecule has 0 aliphatic heterocycles. The maximum absolute atomic E-state index is 6.30. The first-order chi connectivity index (χ1) is 12.5. The molecule has 4 rings (SSSR count). The van der Waals surface area contributed by atoms with Crippen LogP contribution in [0.1, 0.15) is 11.1 Å². The fraction of sp³-hybridized carbons (Fsp3) is 0.100.